The molecule has 0 aliphatic carbocycles. The van der Waals surface area contributed by atoms with E-state index in [-0.39, 0.29) is 36.7 Å². The SMILES string of the molecule is O=C(CN1CC(=O)N2CCCC2C1=O)c1cccc(Cl)c1. The Morgan fingerprint density at radius 3 is 2.90 bits per heavy atom. The molecule has 0 N–H and O–H groups in total. The van der Waals surface area contributed by atoms with Crippen LogP contribution in [-0.2, 0) is 9.59 Å². The molecular weight excluding hydrogens is 292 g/mol. The van der Waals surface area contributed by atoms with E-state index < -0.39 is 0 Å². The molecule has 0 spiro atoms. The molecule has 5 nitrogen and oxygen atoms in total. The monoisotopic (exact) mass is 306 g/mol. The van der Waals surface area contributed by atoms with Crippen molar-refractivity contribution in [2.45, 2.75) is 18.9 Å². The van der Waals surface area contributed by atoms with Gasteiger partial charge in [0.2, 0.25) is 11.8 Å². The largest absolute Gasteiger partial charge is 0.329 e. The molecule has 2 aliphatic rings. The summed E-state index contributed by atoms with van der Waals surface area (Å²) in [7, 11) is 0. The van der Waals surface area contributed by atoms with E-state index in [9.17, 15) is 14.4 Å². The van der Waals surface area contributed by atoms with Gasteiger partial charge in [0, 0.05) is 17.1 Å². The van der Waals surface area contributed by atoms with Crippen molar-refractivity contribution in [1.29, 1.82) is 0 Å². The molecule has 2 fully saturated rings. The van der Waals surface area contributed by atoms with Crippen LogP contribution in [0.3, 0.4) is 0 Å². The number of carbonyl (C=O) groups is 3. The van der Waals surface area contributed by atoms with Gasteiger partial charge >= 0.3 is 0 Å². The van der Waals surface area contributed by atoms with E-state index in [1.807, 2.05) is 0 Å². The summed E-state index contributed by atoms with van der Waals surface area (Å²) in [4.78, 5) is 39.6. The number of benzene rings is 1. The van der Waals surface area contributed by atoms with Crippen LogP contribution in [0.2, 0.25) is 5.02 Å². The molecular formula is C15H15ClN2O3. The number of ketones is 1. The topological polar surface area (TPSA) is 57.7 Å². The lowest BCUT2D eigenvalue weighted by Gasteiger charge is -2.36. The van der Waals surface area contributed by atoms with Crippen LogP contribution < -0.4 is 0 Å². The van der Waals surface area contributed by atoms with Gasteiger partial charge in [-0.25, -0.2) is 0 Å². The van der Waals surface area contributed by atoms with E-state index in [2.05, 4.69) is 0 Å². The first kappa shape index (κ1) is 14.1. The third-order valence-corrected chi connectivity index (χ3v) is 4.21. The van der Waals surface area contributed by atoms with Gasteiger partial charge in [-0.3, -0.25) is 14.4 Å². The highest BCUT2D eigenvalue weighted by atomic mass is 35.5. The molecule has 0 bridgehead atoms. The maximum Gasteiger partial charge on any atom is 0.246 e. The highest BCUT2D eigenvalue weighted by Gasteiger charge is 2.42. The Bertz CT molecular complexity index is 617. The number of nitrogens with zero attached hydrogens (tertiary/aromatic N) is 2. The van der Waals surface area contributed by atoms with E-state index >= 15 is 0 Å². The number of amides is 2. The van der Waals surface area contributed by atoms with E-state index in [0.29, 0.717) is 23.6 Å². The maximum atomic E-state index is 12.3. The highest BCUT2D eigenvalue weighted by Crippen LogP contribution is 2.23. The van der Waals surface area contributed by atoms with E-state index in [4.69, 9.17) is 11.6 Å². The Kier molecular flexibility index (Phi) is 3.68. The Morgan fingerprint density at radius 2 is 2.14 bits per heavy atom. The quantitative estimate of drug-likeness (QED) is 0.792. The third-order valence-electron chi connectivity index (χ3n) is 3.98. The molecule has 1 unspecified atom stereocenters. The Hall–Kier alpha value is -1.88. The minimum Gasteiger partial charge on any atom is -0.329 e. The highest BCUT2D eigenvalue weighted by molar-refractivity contribution is 6.31. The van der Waals surface area contributed by atoms with Gasteiger partial charge in [-0.05, 0) is 25.0 Å². The maximum absolute atomic E-state index is 12.3. The van der Waals surface area contributed by atoms with Crippen LogP contribution in [-0.4, -0.2) is 53.1 Å². The lowest BCUT2D eigenvalue weighted by atomic mass is 10.1. The van der Waals surface area contributed by atoms with Crippen molar-refractivity contribution in [2.24, 2.45) is 0 Å². The van der Waals surface area contributed by atoms with Crippen LogP contribution in [0.4, 0.5) is 0 Å². The van der Waals surface area contributed by atoms with Crippen LogP contribution in [0.1, 0.15) is 23.2 Å². The smallest absolute Gasteiger partial charge is 0.246 e. The van der Waals surface area contributed by atoms with E-state index in [1.165, 1.54) is 4.90 Å². The van der Waals surface area contributed by atoms with Crippen LogP contribution >= 0.6 is 11.6 Å². The van der Waals surface area contributed by atoms with Gasteiger partial charge in [-0.15, -0.1) is 0 Å². The summed E-state index contributed by atoms with van der Waals surface area (Å²) in [6.07, 6.45) is 1.53. The number of piperazine rings is 1. The Labute approximate surface area is 127 Å². The van der Waals surface area contributed by atoms with Crippen molar-refractivity contribution in [3.63, 3.8) is 0 Å². The number of carbonyl (C=O) groups excluding carboxylic acids is 3. The molecule has 0 radical (unpaired) electrons. The number of Topliss-reactive ketones (excluding diaryl/α,β-unsaturated/α-hetero) is 1. The van der Waals surface area contributed by atoms with Gasteiger partial charge in [0.1, 0.15) is 12.6 Å². The summed E-state index contributed by atoms with van der Waals surface area (Å²) in [5, 5.41) is 0.476. The van der Waals surface area contributed by atoms with Gasteiger partial charge in [0.15, 0.2) is 5.78 Å². The van der Waals surface area contributed by atoms with Crippen molar-refractivity contribution in [2.75, 3.05) is 19.6 Å². The zero-order valence-electron chi connectivity index (χ0n) is 11.4. The number of fused-ring (bicyclic) bond motifs is 1. The normalized spacial score (nSPS) is 21.7. The van der Waals surface area contributed by atoms with Gasteiger partial charge in [0.25, 0.3) is 0 Å². The first-order valence-electron chi connectivity index (χ1n) is 6.93. The summed E-state index contributed by atoms with van der Waals surface area (Å²) in [5.74, 6) is -0.399. The van der Waals surface area contributed by atoms with Crippen LogP contribution in [0.25, 0.3) is 0 Å². The Balaban J connectivity index is 1.74. The fraction of sp³-hybridized carbons (Fsp3) is 0.400. The predicted molar refractivity (Wildman–Crippen MR) is 77.1 cm³/mol. The van der Waals surface area contributed by atoms with Crippen LogP contribution in [0.15, 0.2) is 24.3 Å². The van der Waals surface area contributed by atoms with Crippen molar-refractivity contribution < 1.29 is 14.4 Å². The Morgan fingerprint density at radius 1 is 1.33 bits per heavy atom. The second kappa shape index (κ2) is 5.48. The minimum absolute atomic E-state index is 0.0123. The van der Waals surface area contributed by atoms with Gasteiger partial charge < -0.3 is 9.80 Å². The molecule has 2 amide bonds. The molecule has 3 rings (SSSR count). The molecule has 0 aromatic heterocycles. The molecule has 2 aliphatic heterocycles. The predicted octanol–water partition coefficient (Wildman–Crippen LogP) is 1.36. The molecule has 110 valence electrons. The van der Waals surface area contributed by atoms with Gasteiger partial charge in [-0.1, -0.05) is 23.7 Å². The van der Waals surface area contributed by atoms with Crippen molar-refractivity contribution in [3.8, 4) is 0 Å². The van der Waals surface area contributed by atoms with Crippen molar-refractivity contribution >= 4 is 29.2 Å². The number of halogens is 1. The van der Waals surface area contributed by atoms with Crippen LogP contribution in [0, 0.1) is 0 Å². The summed E-state index contributed by atoms with van der Waals surface area (Å²) >= 11 is 5.86. The average molecular weight is 307 g/mol. The molecule has 1 atom stereocenters. The van der Waals surface area contributed by atoms with Gasteiger partial charge in [-0.2, -0.15) is 0 Å². The second-order valence-corrected chi connectivity index (χ2v) is 5.81. The third kappa shape index (κ3) is 2.65. The van der Waals surface area contributed by atoms with Crippen molar-refractivity contribution in [1.82, 2.24) is 9.80 Å². The molecule has 1 aromatic rings. The minimum atomic E-state index is -0.376. The molecule has 1 aromatic carbocycles. The number of hydrogen-bond donors (Lipinski definition) is 0. The average Bonchev–Trinajstić information content (AvgIpc) is 2.94. The van der Waals surface area contributed by atoms with Crippen molar-refractivity contribution in [3.05, 3.63) is 34.9 Å². The molecule has 0 saturated carbocycles. The fourth-order valence-corrected chi connectivity index (χ4v) is 3.12. The fourth-order valence-electron chi connectivity index (χ4n) is 2.93. The number of rotatable bonds is 3. The summed E-state index contributed by atoms with van der Waals surface area (Å²) in [6.45, 7) is 0.558. The van der Waals surface area contributed by atoms with E-state index in [0.717, 1.165) is 6.42 Å². The second-order valence-electron chi connectivity index (χ2n) is 5.37. The number of hydrogen-bond acceptors (Lipinski definition) is 3. The zero-order chi connectivity index (χ0) is 15.0. The summed E-state index contributed by atoms with van der Waals surface area (Å²) in [5.41, 5.74) is 0.455. The molecule has 6 heteroatoms. The summed E-state index contributed by atoms with van der Waals surface area (Å²) < 4.78 is 0. The summed E-state index contributed by atoms with van der Waals surface area (Å²) in [6, 6.07) is 6.23. The zero-order valence-corrected chi connectivity index (χ0v) is 12.2. The van der Waals surface area contributed by atoms with Crippen LogP contribution in [0.5, 0.6) is 0 Å². The standard InChI is InChI=1S/C15H15ClN2O3/c16-11-4-1-3-10(7-11)13(19)8-17-9-14(20)18-6-2-5-12(18)15(17)21/h1,3-4,7,12H,2,5-6,8-9H2. The first-order valence-corrected chi connectivity index (χ1v) is 7.31. The van der Waals surface area contributed by atoms with E-state index in [1.54, 1.807) is 29.2 Å². The molecule has 2 saturated heterocycles. The molecule has 2 heterocycles. The molecule has 21 heavy (non-hydrogen) atoms. The lowest BCUT2D eigenvalue weighted by Crippen LogP contribution is -2.58. The first-order chi connectivity index (χ1) is 10.1. The lowest BCUT2D eigenvalue weighted by molar-refractivity contribution is -0.152. The van der Waals surface area contributed by atoms with Gasteiger partial charge in [0.05, 0.1) is 6.54 Å².